The molecule has 0 aliphatic carbocycles. The summed E-state index contributed by atoms with van der Waals surface area (Å²) in [4.78, 5) is 2.72. The summed E-state index contributed by atoms with van der Waals surface area (Å²) in [6.45, 7) is 4.98. The van der Waals surface area contributed by atoms with Crippen LogP contribution in [0.1, 0.15) is 30.7 Å². The van der Waals surface area contributed by atoms with Crippen LogP contribution in [0.25, 0.3) is 0 Å². The third kappa shape index (κ3) is 2.53. The summed E-state index contributed by atoms with van der Waals surface area (Å²) >= 11 is 0. The average Bonchev–Trinajstić information content (AvgIpc) is 2.90. The molecule has 0 saturated carbocycles. The molecule has 2 aliphatic heterocycles. The van der Waals surface area contributed by atoms with E-state index in [1.807, 2.05) is 0 Å². The number of rotatable bonds is 2. The normalized spacial score (nSPS) is 27.4. The Balaban J connectivity index is 1.61. The van der Waals surface area contributed by atoms with Crippen molar-refractivity contribution in [3.63, 3.8) is 0 Å². The molecule has 2 heterocycles. The average molecular weight is 230 g/mol. The molecule has 0 bridgehead atoms. The van der Waals surface area contributed by atoms with E-state index in [4.69, 9.17) is 0 Å². The van der Waals surface area contributed by atoms with Crippen LogP contribution in [0.4, 0.5) is 0 Å². The first-order valence-corrected chi connectivity index (χ1v) is 6.93. The van der Waals surface area contributed by atoms with E-state index in [9.17, 15) is 0 Å². The van der Waals surface area contributed by atoms with Gasteiger partial charge in [0.15, 0.2) is 0 Å². The predicted octanol–water partition coefficient (Wildman–Crippen LogP) is 2.23. The molecule has 0 radical (unpaired) electrons. The standard InChI is InChI=1S/C15H22N2/c1-2-4-13(5-3-1)14-8-11-17(12-14)15-6-9-16-10-7-15/h1-5,14-16H,6-12H2/t14-/m1/s1. The molecule has 0 aromatic heterocycles. The second-order valence-corrected chi connectivity index (χ2v) is 5.37. The number of hydrogen-bond acceptors (Lipinski definition) is 2. The maximum Gasteiger partial charge on any atom is 0.0120 e. The zero-order valence-electron chi connectivity index (χ0n) is 10.4. The van der Waals surface area contributed by atoms with Gasteiger partial charge >= 0.3 is 0 Å². The van der Waals surface area contributed by atoms with Crippen molar-refractivity contribution >= 4 is 0 Å². The van der Waals surface area contributed by atoms with Crippen molar-refractivity contribution in [2.24, 2.45) is 0 Å². The van der Waals surface area contributed by atoms with E-state index in [0.29, 0.717) is 0 Å². The lowest BCUT2D eigenvalue weighted by atomic mass is 9.98. The lowest BCUT2D eigenvalue weighted by molar-refractivity contribution is 0.196. The summed E-state index contributed by atoms with van der Waals surface area (Å²) in [5.41, 5.74) is 1.53. The topological polar surface area (TPSA) is 15.3 Å². The molecule has 1 atom stereocenters. The Morgan fingerprint density at radius 3 is 2.53 bits per heavy atom. The Morgan fingerprint density at radius 1 is 1.00 bits per heavy atom. The molecule has 1 aromatic rings. The van der Waals surface area contributed by atoms with Crippen molar-refractivity contribution in [3.8, 4) is 0 Å². The van der Waals surface area contributed by atoms with E-state index in [2.05, 4.69) is 40.5 Å². The van der Waals surface area contributed by atoms with Gasteiger partial charge in [0.1, 0.15) is 0 Å². The number of nitrogens with one attached hydrogen (secondary N) is 1. The first-order chi connectivity index (χ1) is 8.43. The van der Waals surface area contributed by atoms with Gasteiger partial charge in [0, 0.05) is 12.6 Å². The third-order valence-corrected chi connectivity index (χ3v) is 4.32. The highest BCUT2D eigenvalue weighted by Crippen LogP contribution is 2.29. The molecule has 3 rings (SSSR count). The molecule has 2 nitrogen and oxygen atoms in total. The van der Waals surface area contributed by atoms with Gasteiger partial charge < -0.3 is 5.32 Å². The number of nitrogens with zero attached hydrogens (tertiary/aromatic N) is 1. The fraction of sp³-hybridized carbons (Fsp3) is 0.600. The quantitative estimate of drug-likeness (QED) is 0.838. The van der Waals surface area contributed by atoms with Gasteiger partial charge in [-0.05, 0) is 50.4 Å². The van der Waals surface area contributed by atoms with Crippen molar-refractivity contribution in [3.05, 3.63) is 35.9 Å². The number of likely N-dealkylation sites (tertiary alicyclic amines) is 1. The van der Waals surface area contributed by atoms with Gasteiger partial charge in [0.25, 0.3) is 0 Å². The minimum Gasteiger partial charge on any atom is -0.317 e. The zero-order chi connectivity index (χ0) is 11.5. The zero-order valence-corrected chi connectivity index (χ0v) is 10.4. The molecule has 0 spiro atoms. The smallest absolute Gasteiger partial charge is 0.0120 e. The first-order valence-electron chi connectivity index (χ1n) is 6.93. The van der Waals surface area contributed by atoms with E-state index in [0.717, 1.165) is 12.0 Å². The van der Waals surface area contributed by atoms with Crippen molar-refractivity contribution < 1.29 is 0 Å². The highest BCUT2D eigenvalue weighted by molar-refractivity contribution is 5.21. The van der Waals surface area contributed by atoms with E-state index in [1.165, 1.54) is 51.0 Å². The van der Waals surface area contributed by atoms with Gasteiger partial charge in [-0.2, -0.15) is 0 Å². The van der Waals surface area contributed by atoms with Gasteiger partial charge in [-0.15, -0.1) is 0 Å². The first kappa shape index (κ1) is 11.2. The summed E-state index contributed by atoms with van der Waals surface area (Å²) in [6.07, 6.45) is 4.01. The second-order valence-electron chi connectivity index (χ2n) is 5.37. The van der Waals surface area contributed by atoms with Crippen LogP contribution in [0, 0.1) is 0 Å². The summed E-state index contributed by atoms with van der Waals surface area (Å²) in [5.74, 6) is 0.770. The fourth-order valence-electron chi connectivity index (χ4n) is 3.29. The highest BCUT2D eigenvalue weighted by Gasteiger charge is 2.29. The second kappa shape index (κ2) is 5.19. The van der Waals surface area contributed by atoms with Gasteiger partial charge in [-0.25, -0.2) is 0 Å². The molecular weight excluding hydrogens is 208 g/mol. The molecule has 92 valence electrons. The maximum absolute atomic E-state index is 3.45. The molecular formula is C15H22N2. The van der Waals surface area contributed by atoms with Crippen LogP contribution in [-0.2, 0) is 0 Å². The molecule has 0 amide bonds. The molecule has 0 unspecified atom stereocenters. The fourth-order valence-corrected chi connectivity index (χ4v) is 3.29. The van der Waals surface area contributed by atoms with Gasteiger partial charge in [-0.3, -0.25) is 4.90 Å². The Bertz CT molecular complexity index is 343. The van der Waals surface area contributed by atoms with Gasteiger partial charge in [0.05, 0.1) is 0 Å². The van der Waals surface area contributed by atoms with Crippen LogP contribution in [-0.4, -0.2) is 37.1 Å². The highest BCUT2D eigenvalue weighted by atomic mass is 15.2. The van der Waals surface area contributed by atoms with Crippen LogP contribution >= 0.6 is 0 Å². The largest absolute Gasteiger partial charge is 0.317 e. The molecule has 2 heteroatoms. The lowest BCUT2D eigenvalue weighted by Crippen LogP contribution is -2.41. The number of benzene rings is 1. The summed E-state index contributed by atoms with van der Waals surface area (Å²) in [6, 6.07) is 11.9. The Morgan fingerprint density at radius 2 is 1.76 bits per heavy atom. The van der Waals surface area contributed by atoms with Crippen molar-refractivity contribution in [2.45, 2.75) is 31.2 Å². The number of hydrogen-bond donors (Lipinski definition) is 1. The monoisotopic (exact) mass is 230 g/mol. The van der Waals surface area contributed by atoms with Crippen LogP contribution in [0.5, 0.6) is 0 Å². The summed E-state index contributed by atoms with van der Waals surface area (Å²) in [5, 5.41) is 3.45. The molecule has 1 aromatic carbocycles. The Hall–Kier alpha value is -0.860. The maximum atomic E-state index is 3.45. The van der Waals surface area contributed by atoms with Crippen molar-refractivity contribution in [1.82, 2.24) is 10.2 Å². The van der Waals surface area contributed by atoms with Gasteiger partial charge in [-0.1, -0.05) is 30.3 Å². The predicted molar refractivity (Wildman–Crippen MR) is 71.3 cm³/mol. The minimum absolute atomic E-state index is 0.770. The SMILES string of the molecule is c1ccc([C@@H]2CCN(C3CCNCC3)C2)cc1. The molecule has 2 aliphatic rings. The van der Waals surface area contributed by atoms with Crippen LogP contribution in [0.15, 0.2) is 30.3 Å². The van der Waals surface area contributed by atoms with Crippen molar-refractivity contribution in [1.29, 1.82) is 0 Å². The van der Waals surface area contributed by atoms with Gasteiger partial charge in [0.2, 0.25) is 0 Å². The van der Waals surface area contributed by atoms with Crippen molar-refractivity contribution in [2.75, 3.05) is 26.2 Å². The van der Waals surface area contributed by atoms with Crippen LogP contribution in [0.2, 0.25) is 0 Å². The van der Waals surface area contributed by atoms with Crippen LogP contribution < -0.4 is 5.32 Å². The Labute approximate surface area is 104 Å². The van der Waals surface area contributed by atoms with E-state index in [1.54, 1.807) is 0 Å². The summed E-state index contributed by atoms with van der Waals surface area (Å²) in [7, 11) is 0. The summed E-state index contributed by atoms with van der Waals surface area (Å²) < 4.78 is 0. The van der Waals surface area contributed by atoms with E-state index in [-0.39, 0.29) is 0 Å². The van der Waals surface area contributed by atoms with E-state index >= 15 is 0 Å². The number of piperidine rings is 1. The lowest BCUT2D eigenvalue weighted by Gasteiger charge is -2.31. The third-order valence-electron chi connectivity index (χ3n) is 4.32. The van der Waals surface area contributed by atoms with E-state index < -0.39 is 0 Å². The Kier molecular flexibility index (Phi) is 3.44. The van der Waals surface area contributed by atoms with Crippen LogP contribution in [0.3, 0.4) is 0 Å². The molecule has 2 fully saturated rings. The minimum atomic E-state index is 0.770. The molecule has 1 N–H and O–H groups in total. The molecule has 2 saturated heterocycles. The molecule has 17 heavy (non-hydrogen) atoms.